The molecule has 0 heterocycles. The van der Waals surface area contributed by atoms with Gasteiger partial charge in [-0.25, -0.2) is 0 Å². The molecular weight excluding hydrogens is 286 g/mol. The molecule has 122 valence electrons. The van der Waals surface area contributed by atoms with E-state index >= 15 is 0 Å². The van der Waals surface area contributed by atoms with Crippen molar-refractivity contribution in [1.82, 2.24) is 0 Å². The third kappa shape index (κ3) is 2.41. The van der Waals surface area contributed by atoms with Crippen LogP contribution >= 0.6 is 0 Å². The SMILES string of the molecule is Cc1ccccc1C12CC3CC(CC(C3)C1CC=C[N+](=O)[O-])C2. The normalized spacial score (nSPS) is 38.3. The number of benzene rings is 1. The predicted octanol–water partition coefficient (Wildman–Crippen LogP) is 4.87. The molecular formula is C20H25NO2. The van der Waals surface area contributed by atoms with Crippen molar-refractivity contribution in [2.45, 2.75) is 50.9 Å². The molecule has 0 N–H and O–H groups in total. The Morgan fingerprint density at radius 1 is 1.22 bits per heavy atom. The molecule has 3 unspecified atom stereocenters. The molecule has 3 atom stereocenters. The van der Waals surface area contributed by atoms with Crippen LogP contribution in [0.5, 0.6) is 0 Å². The van der Waals surface area contributed by atoms with Crippen LogP contribution in [0.2, 0.25) is 0 Å². The van der Waals surface area contributed by atoms with E-state index in [1.807, 2.05) is 6.08 Å². The average molecular weight is 311 g/mol. The molecule has 5 rings (SSSR count). The molecule has 0 spiro atoms. The first-order chi connectivity index (χ1) is 11.1. The average Bonchev–Trinajstić information content (AvgIpc) is 2.49. The van der Waals surface area contributed by atoms with E-state index in [-0.39, 0.29) is 10.3 Å². The first-order valence-electron chi connectivity index (χ1n) is 8.95. The van der Waals surface area contributed by atoms with Gasteiger partial charge in [0.05, 0.1) is 4.92 Å². The highest BCUT2D eigenvalue weighted by Crippen LogP contribution is 2.64. The number of nitro groups is 1. The molecule has 4 aliphatic rings. The largest absolute Gasteiger partial charge is 0.259 e. The molecule has 3 heteroatoms. The number of nitrogens with zero attached hydrogens (tertiary/aromatic N) is 1. The monoisotopic (exact) mass is 311 g/mol. The van der Waals surface area contributed by atoms with Crippen molar-refractivity contribution in [2.75, 3.05) is 0 Å². The van der Waals surface area contributed by atoms with Crippen LogP contribution in [0.15, 0.2) is 36.5 Å². The fraction of sp³-hybridized carbons (Fsp3) is 0.600. The van der Waals surface area contributed by atoms with E-state index in [0.717, 1.165) is 30.4 Å². The van der Waals surface area contributed by atoms with E-state index in [4.69, 9.17) is 0 Å². The van der Waals surface area contributed by atoms with Crippen LogP contribution in [0, 0.1) is 40.7 Å². The minimum Gasteiger partial charge on any atom is -0.259 e. The minimum absolute atomic E-state index is 0.265. The van der Waals surface area contributed by atoms with E-state index in [9.17, 15) is 10.1 Å². The summed E-state index contributed by atoms with van der Waals surface area (Å²) in [5, 5.41) is 10.7. The van der Waals surface area contributed by atoms with Gasteiger partial charge in [0, 0.05) is 0 Å². The van der Waals surface area contributed by atoms with Gasteiger partial charge in [0.2, 0.25) is 6.20 Å². The van der Waals surface area contributed by atoms with Gasteiger partial charge in [-0.05, 0) is 91.7 Å². The number of hydrogen-bond acceptors (Lipinski definition) is 2. The molecule has 4 saturated carbocycles. The Hall–Kier alpha value is -1.64. The molecule has 0 aliphatic heterocycles. The zero-order valence-corrected chi connectivity index (χ0v) is 13.8. The van der Waals surface area contributed by atoms with Crippen molar-refractivity contribution in [1.29, 1.82) is 0 Å². The van der Waals surface area contributed by atoms with Crippen LogP contribution < -0.4 is 0 Å². The number of hydrogen-bond donors (Lipinski definition) is 0. The standard InChI is InChI=1S/C20H25NO2/c1-14-5-2-3-6-18(14)20-12-15-9-16(13-20)11-17(10-15)19(20)7-4-8-21(22)23/h2-6,8,15-17,19H,7,9-13H2,1H3. The van der Waals surface area contributed by atoms with E-state index in [1.54, 1.807) is 0 Å². The summed E-state index contributed by atoms with van der Waals surface area (Å²) in [5.41, 5.74) is 3.19. The molecule has 1 aromatic rings. The van der Waals surface area contributed by atoms with Crippen LogP contribution in [0.25, 0.3) is 0 Å². The lowest BCUT2D eigenvalue weighted by Crippen LogP contribution is -2.55. The second kappa shape index (κ2) is 5.47. The van der Waals surface area contributed by atoms with E-state index in [1.165, 1.54) is 43.2 Å². The summed E-state index contributed by atoms with van der Waals surface area (Å²) in [4.78, 5) is 10.3. The Bertz CT molecular complexity index is 637. The highest BCUT2D eigenvalue weighted by Gasteiger charge is 2.57. The number of allylic oxidation sites excluding steroid dienone is 1. The van der Waals surface area contributed by atoms with Gasteiger partial charge in [0.25, 0.3) is 0 Å². The Kier molecular flexibility index (Phi) is 3.55. The molecule has 4 aliphatic carbocycles. The van der Waals surface area contributed by atoms with Gasteiger partial charge in [-0.15, -0.1) is 0 Å². The summed E-state index contributed by atoms with van der Waals surface area (Å²) in [7, 11) is 0. The number of aryl methyl sites for hydroxylation is 1. The van der Waals surface area contributed by atoms with Crippen molar-refractivity contribution in [3.8, 4) is 0 Å². The van der Waals surface area contributed by atoms with Crippen LogP contribution in [-0.4, -0.2) is 4.92 Å². The molecule has 1 aromatic carbocycles. The summed E-state index contributed by atoms with van der Waals surface area (Å²) in [6, 6.07) is 8.86. The minimum atomic E-state index is -0.323. The van der Waals surface area contributed by atoms with Gasteiger partial charge < -0.3 is 0 Å². The van der Waals surface area contributed by atoms with Crippen LogP contribution in [0.4, 0.5) is 0 Å². The Morgan fingerprint density at radius 3 is 2.57 bits per heavy atom. The predicted molar refractivity (Wildman–Crippen MR) is 90.7 cm³/mol. The molecule has 0 radical (unpaired) electrons. The first kappa shape index (κ1) is 14.9. The third-order valence-electron chi connectivity index (χ3n) is 6.82. The van der Waals surface area contributed by atoms with Crippen molar-refractivity contribution < 1.29 is 4.92 Å². The maximum Gasteiger partial charge on any atom is 0.230 e. The zero-order chi connectivity index (χ0) is 16.0. The van der Waals surface area contributed by atoms with Gasteiger partial charge in [-0.2, -0.15) is 0 Å². The van der Waals surface area contributed by atoms with Crippen molar-refractivity contribution >= 4 is 0 Å². The molecule has 0 saturated heterocycles. The lowest BCUT2D eigenvalue weighted by Gasteiger charge is -2.62. The molecule has 0 aromatic heterocycles. The topological polar surface area (TPSA) is 43.1 Å². The quantitative estimate of drug-likeness (QED) is 0.588. The molecule has 0 amide bonds. The smallest absolute Gasteiger partial charge is 0.230 e. The summed E-state index contributed by atoms with van der Waals surface area (Å²) in [6.07, 6.45) is 10.5. The Balaban J connectivity index is 1.73. The van der Waals surface area contributed by atoms with E-state index < -0.39 is 0 Å². The Morgan fingerprint density at radius 2 is 1.91 bits per heavy atom. The molecule has 4 bridgehead atoms. The highest BCUT2D eigenvalue weighted by atomic mass is 16.6. The third-order valence-corrected chi connectivity index (χ3v) is 6.82. The maximum atomic E-state index is 10.7. The van der Waals surface area contributed by atoms with Crippen molar-refractivity contribution in [3.63, 3.8) is 0 Å². The van der Waals surface area contributed by atoms with Gasteiger partial charge in [0.1, 0.15) is 0 Å². The summed E-state index contributed by atoms with van der Waals surface area (Å²) >= 11 is 0. The second-order valence-electron chi connectivity index (χ2n) is 8.09. The Labute approximate surface area is 137 Å². The lowest BCUT2D eigenvalue weighted by atomic mass is 9.43. The van der Waals surface area contributed by atoms with Gasteiger partial charge in [-0.1, -0.05) is 24.3 Å². The van der Waals surface area contributed by atoms with Crippen LogP contribution in [-0.2, 0) is 5.41 Å². The van der Waals surface area contributed by atoms with Crippen LogP contribution in [0.1, 0.15) is 49.7 Å². The van der Waals surface area contributed by atoms with Crippen molar-refractivity contribution in [3.05, 3.63) is 57.8 Å². The molecule has 23 heavy (non-hydrogen) atoms. The highest BCUT2D eigenvalue weighted by molar-refractivity contribution is 5.37. The fourth-order valence-corrected chi connectivity index (χ4v) is 6.41. The number of rotatable bonds is 4. The van der Waals surface area contributed by atoms with Crippen LogP contribution in [0.3, 0.4) is 0 Å². The second-order valence-corrected chi connectivity index (χ2v) is 8.09. The summed E-state index contributed by atoms with van der Waals surface area (Å²) < 4.78 is 0. The summed E-state index contributed by atoms with van der Waals surface area (Å²) in [6.45, 7) is 2.23. The van der Waals surface area contributed by atoms with Crippen molar-refractivity contribution in [2.24, 2.45) is 23.7 Å². The molecule has 4 fully saturated rings. The zero-order valence-electron chi connectivity index (χ0n) is 13.8. The summed E-state index contributed by atoms with van der Waals surface area (Å²) in [5.74, 6) is 3.09. The van der Waals surface area contributed by atoms with Gasteiger partial charge in [-0.3, -0.25) is 10.1 Å². The van der Waals surface area contributed by atoms with Gasteiger partial charge in [0.15, 0.2) is 0 Å². The first-order valence-corrected chi connectivity index (χ1v) is 8.95. The fourth-order valence-electron chi connectivity index (χ4n) is 6.41. The maximum absolute atomic E-state index is 10.7. The van der Waals surface area contributed by atoms with E-state index in [0.29, 0.717) is 5.92 Å². The molecule has 3 nitrogen and oxygen atoms in total. The van der Waals surface area contributed by atoms with Gasteiger partial charge >= 0.3 is 0 Å². The van der Waals surface area contributed by atoms with E-state index in [2.05, 4.69) is 31.2 Å². The lowest BCUT2D eigenvalue weighted by molar-refractivity contribution is -0.402.